The fourth-order valence-corrected chi connectivity index (χ4v) is 2.38. The Kier molecular flexibility index (Phi) is 4.55. The van der Waals surface area contributed by atoms with E-state index in [9.17, 15) is 9.59 Å². The second-order valence-corrected chi connectivity index (χ2v) is 5.08. The molecule has 1 unspecified atom stereocenters. The van der Waals surface area contributed by atoms with Crippen LogP contribution in [0.3, 0.4) is 0 Å². The van der Waals surface area contributed by atoms with Gasteiger partial charge in [-0.15, -0.1) is 0 Å². The number of rotatable bonds is 3. The lowest BCUT2D eigenvalue weighted by Crippen LogP contribution is -2.47. The maximum absolute atomic E-state index is 12.2. The van der Waals surface area contributed by atoms with E-state index >= 15 is 0 Å². The van der Waals surface area contributed by atoms with Crippen LogP contribution in [0.15, 0.2) is 24.5 Å². The number of piperidine rings is 1. The third-order valence-electron chi connectivity index (χ3n) is 3.60. The number of pyridine rings is 1. The third-order valence-corrected chi connectivity index (χ3v) is 3.60. The quantitative estimate of drug-likeness (QED) is 0.880. The van der Waals surface area contributed by atoms with Crippen molar-refractivity contribution in [3.8, 4) is 0 Å². The Hall–Kier alpha value is -2.11. The lowest BCUT2D eigenvalue weighted by atomic mass is 9.98. The van der Waals surface area contributed by atoms with Crippen molar-refractivity contribution in [2.24, 2.45) is 5.92 Å². The number of aliphatic carboxylic acids is 1. The van der Waals surface area contributed by atoms with Gasteiger partial charge in [-0.1, -0.05) is 0 Å². The van der Waals surface area contributed by atoms with Crippen LogP contribution in [0.2, 0.25) is 0 Å². The Morgan fingerprint density at radius 1 is 1.45 bits per heavy atom. The first-order valence-corrected chi connectivity index (χ1v) is 6.76. The zero-order valence-electron chi connectivity index (χ0n) is 11.5. The van der Waals surface area contributed by atoms with E-state index in [1.807, 2.05) is 19.1 Å². The van der Waals surface area contributed by atoms with Gasteiger partial charge in [-0.25, -0.2) is 4.79 Å². The van der Waals surface area contributed by atoms with Gasteiger partial charge in [0.25, 0.3) is 0 Å². The highest BCUT2D eigenvalue weighted by Crippen LogP contribution is 2.18. The molecule has 0 spiro atoms. The number of nitrogens with one attached hydrogen (secondary N) is 1. The summed E-state index contributed by atoms with van der Waals surface area (Å²) in [7, 11) is 0. The number of aromatic nitrogens is 1. The highest BCUT2D eigenvalue weighted by molar-refractivity contribution is 5.76. The van der Waals surface area contributed by atoms with E-state index in [1.54, 1.807) is 17.3 Å². The van der Waals surface area contributed by atoms with Crippen LogP contribution in [-0.4, -0.2) is 40.1 Å². The molecule has 108 valence electrons. The van der Waals surface area contributed by atoms with E-state index in [1.165, 1.54) is 0 Å². The van der Waals surface area contributed by atoms with Crippen molar-refractivity contribution in [1.82, 2.24) is 15.2 Å². The van der Waals surface area contributed by atoms with E-state index in [-0.39, 0.29) is 18.6 Å². The molecule has 6 nitrogen and oxygen atoms in total. The summed E-state index contributed by atoms with van der Waals surface area (Å²) in [4.78, 5) is 28.7. The molecule has 1 fully saturated rings. The Morgan fingerprint density at radius 3 is 2.80 bits per heavy atom. The molecule has 0 bridgehead atoms. The molecule has 0 saturated carbocycles. The summed E-state index contributed by atoms with van der Waals surface area (Å²) in [6, 6.07) is 3.36. The van der Waals surface area contributed by atoms with Gasteiger partial charge in [-0.3, -0.25) is 9.78 Å². The number of carboxylic acids is 1. The average molecular weight is 277 g/mol. The minimum absolute atomic E-state index is 0.129. The molecule has 0 aromatic carbocycles. The van der Waals surface area contributed by atoms with Crippen LogP contribution in [0.5, 0.6) is 0 Å². The monoisotopic (exact) mass is 277 g/mol. The van der Waals surface area contributed by atoms with Crippen LogP contribution in [0.25, 0.3) is 0 Å². The predicted octanol–water partition coefficient (Wildman–Crippen LogP) is 1.65. The standard InChI is InChI=1S/C14H19N3O3/c1-10(11-4-6-15-7-5-11)16-14(20)17-8-2-3-12(9-17)13(18)19/h4-7,10,12H,2-3,8-9H2,1H3,(H,16,20)(H,18,19)/t10?,12-/m0/s1. The number of carbonyl (C=O) groups excluding carboxylic acids is 1. The van der Waals surface area contributed by atoms with E-state index in [4.69, 9.17) is 5.11 Å². The smallest absolute Gasteiger partial charge is 0.317 e. The van der Waals surface area contributed by atoms with Gasteiger partial charge in [-0.05, 0) is 37.5 Å². The Balaban J connectivity index is 1.93. The second-order valence-electron chi connectivity index (χ2n) is 5.08. The summed E-state index contributed by atoms with van der Waals surface area (Å²) >= 11 is 0. The molecule has 2 amide bonds. The highest BCUT2D eigenvalue weighted by atomic mass is 16.4. The fraction of sp³-hybridized carbons (Fsp3) is 0.500. The van der Waals surface area contributed by atoms with E-state index in [2.05, 4.69) is 10.3 Å². The van der Waals surface area contributed by atoms with Gasteiger partial charge >= 0.3 is 12.0 Å². The summed E-state index contributed by atoms with van der Waals surface area (Å²) in [5.41, 5.74) is 0.972. The van der Waals surface area contributed by atoms with E-state index in [0.29, 0.717) is 13.0 Å². The topological polar surface area (TPSA) is 82.5 Å². The Bertz CT molecular complexity index is 478. The maximum Gasteiger partial charge on any atom is 0.317 e. The number of carbonyl (C=O) groups is 2. The molecule has 1 aromatic heterocycles. The van der Waals surface area contributed by atoms with Gasteiger partial charge in [0.05, 0.1) is 12.0 Å². The molecule has 0 aliphatic carbocycles. The molecule has 1 aliphatic rings. The largest absolute Gasteiger partial charge is 0.481 e. The van der Waals surface area contributed by atoms with Gasteiger partial charge in [-0.2, -0.15) is 0 Å². The molecular formula is C14H19N3O3. The zero-order valence-corrected chi connectivity index (χ0v) is 11.5. The van der Waals surface area contributed by atoms with Crippen LogP contribution in [0.4, 0.5) is 4.79 Å². The molecule has 2 heterocycles. The van der Waals surface area contributed by atoms with Crippen molar-refractivity contribution in [3.05, 3.63) is 30.1 Å². The van der Waals surface area contributed by atoms with Gasteiger partial charge in [0, 0.05) is 25.5 Å². The van der Waals surface area contributed by atoms with Crippen molar-refractivity contribution in [2.75, 3.05) is 13.1 Å². The molecule has 1 aliphatic heterocycles. The summed E-state index contributed by atoms with van der Waals surface area (Å²) in [5.74, 6) is -1.28. The molecule has 2 N–H and O–H groups in total. The van der Waals surface area contributed by atoms with Crippen molar-refractivity contribution >= 4 is 12.0 Å². The summed E-state index contributed by atoms with van der Waals surface area (Å²) < 4.78 is 0. The first-order chi connectivity index (χ1) is 9.58. The van der Waals surface area contributed by atoms with E-state index < -0.39 is 11.9 Å². The number of nitrogens with zero attached hydrogens (tertiary/aromatic N) is 2. The number of urea groups is 1. The molecule has 6 heteroatoms. The second kappa shape index (κ2) is 6.36. The molecule has 1 saturated heterocycles. The van der Waals surface area contributed by atoms with Gasteiger partial charge in [0.2, 0.25) is 0 Å². The number of likely N-dealkylation sites (tertiary alicyclic amines) is 1. The summed E-state index contributed by atoms with van der Waals surface area (Å²) in [6.07, 6.45) is 4.73. The van der Waals surface area contributed by atoms with Crippen LogP contribution in [0.1, 0.15) is 31.4 Å². The number of hydrogen-bond acceptors (Lipinski definition) is 3. The van der Waals surface area contributed by atoms with Crippen LogP contribution in [-0.2, 0) is 4.79 Å². The van der Waals surface area contributed by atoms with Crippen LogP contribution in [0, 0.1) is 5.92 Å². The highest BCUT2D eigenvalue weighted by Gasteiger charge is 2.28. The van der Waals surface area contributed by atoms with Gasteiger partial charge in [0.15, 0.2) is 0 Å². The van der Waals surface area contributed by atoms with Crippen molar-refractivity contribution in [2.45, 2.75) is 25.8 Å². The first-order valence-electron chi connectivity index (χ1n) is 6.76. The van der Waals surface area contributed by atoms with Crippen LogP contribution >= 0.6 is 0 Å². The maximum atomic E-state index is 12.2. The molecule has 1 aromatic rings. The SMILES string of the molecule is CC(NC(=O)N1CCC[C@H](C(=O)O)C1)c1ccncc1. The predicted molar refractivity (Wildman–Crippen MR) is 73.1 cm³/mol. The normalized spacial score (nSPS) is 20.2. The number of amides is 2. The Labute approximate surface area is 117 Å². The fourth-order valence-electron chi connectivity index (χ4n) is 2.38. The summed E-state index contributed by atoms with van der Waals surface area (Å²) in [6.45, 7) is 2.79. The van der Waals surface area contributed by atoms with E-state index in [0.717, 1.165) is 12.0 Å². The Morgan fingerprint density at radius 2 is 2.15 bits per heavy atom. The van der Waals surface area contributed by atoms with Crippen LogP contribution < -0.4 is 5.32 Å². The molecule has 2 rings (SSSR count). The van der Waals surface area contributed by atoms with Crippen molar-refractivity contribution in [3.63, 3.8) is 0 Å². The molecule has 20 heavy (non-hydrogen) atoms. The van der Waals surface area contributed by atoms with Gasteiger partial charge < -0.3 is 15.3 Å². The number of hydrogen-bond donors (Lipinski definition) is 2. The summed E-state index contributed by atoms with van der Waals surface area (Å²) in [5, 5.41) is 11.9. The molecule has 0 radical (unpaired) electrons. The third kappa shape index (κ3) is 3.46. The first kappa shape index (κ1) is 14.3. The number of carboxylic acid groups (broad SMARTS) is 1. The van der Waals surface area contributed by atoms with Crippen molar-refractivity contribution < 1.29 is 14.7 Å². The molecular weight excluding hydrogens is 258 g/mol. The zero-order chi connectivity index (χ0) is 14.5. The lowest BCUT2D eigenvalue weighted by molar-refractivity contribution is -0.143. The molecule has 2 atom stereocenters. The van der Waals surface area contributed by atoms with Crippen molar-refractivity contribution in [1.29, 1.82) is 0 Å². The van der Waals surface area contributed by atoms with Gasteiger partial charge in [0.1, 0.15) is 0 Å². The average Bonchev–Trinajstić information content (AvgIpc) is 2.48. The lowest BCUT2D eigenvalue weighted by Gasteiger charge is -2.31. The minimum Gasteiger partial charge on any atom is -0.481 e. The minimum atomic E-state index is -0.829.